The van der Waals surface area contributed by atoms with E-state index in [2.05, 4.69) is 10.3 Å². The number of hydrogen-bond donors (Lipinski definition) is 1. The third-order valence-electron chi connectivity index (χ3n) is 4.46. The zero-order chi connectivity index (χ0) is 14.7. The van der Waals surface area contributed by atoms with E-state index in [1.54, 1.807) is 18.0 Å². The predicted molar refractivity (Wildman–Crippen MR) is 79.1 cm³/mol. The molecule has 21 heavy (non-hydrogen) atoms. The van der Waals surface area contributed by atoms with E-state index in [1.807, 2.05) is 30.3 Å². The fraction of sp³-hybridized carbons (Fsp3) is 0.500. The van der Waals surface area contributed by atoms with Crippen molar-refractivity contribution in [1.29, 1.82) is 0 Å². The number of para-hydroxylation sites is 1. The lowest BCUT2D eigenvalue weighted by molar-refractivity contribution is -0.127. The topological polar surface area (TPSA) is 60.2 Å². The van der Waals surface area contributed by atoms with Crippen molar-refractivity contribution in [3.63, 3.8) is 0 Å². The van der Waals surface area contributed by atoms with Crippen molar-refractivity contribution in [2.45, 2.75) is 43.8 Å². The molecule has 1 unspecified atom stereocenters. The molecule has 1 fully saturated rings. The fourth-order valence-corrected chi connectivity index (χ4v) is 3.21. The van der Waals surface area contributed by atoms with Gasteiger partial charge in [-0.2, -0.15) is 0 Å². The average molecular weight is 287 g/mol. The van der Waals surface area contributed by atoms with Crippen LogP contribution in [0.1, 0.15) is 43.9 Å². The number of aliphatic hydroxyl groups excluding tert-OH is 1. The maximum Gasteiger partial charge on any atom is 0.127 e. The van der Waals surface area contributed by atoms with Crippen molar-refractivity contribution in [2.75, 3.05) is 7.11 Å². The quantitative estimate of drug-likeness (QED) is 0.939. The number of rotatable bonds is 4. The lowest BCUT2D eigenvalue weighted by Crippen LogP contribution is -2.41. The van der Waals surface area contributed by atoms with E-state index in [0.717, 1.165) is 31.4 Å². The van der Waals surface area contributed by atoms with Crippen molar-refractivity contribution < 1.29 is 9.84 Å². The Bertz CT molecular complexity index is 576. The van der Waals surface area contributed by atoms with Gasteiger partial charge in [0.1, 0.15) is 6.10 Å². The summed E-state index contributed by atoms with van der Waals surface area (Å²) in [6.07, 6.45) is 6.00. The van der Waals surface area contributed by atoms with Gasteiger partial charge in [0.2, 0.25) is 0 Å². The summed E-state index contributed by atoms with van der Waals surface area (Å²) in [6, 6.07) is 9.74. The third-order valence-corrected chi connectivity index (χ3v) is 4.46. The summed E-state index contributed by atoms with van der Waals surface area (Å²) in [5.74, 6) is 0. The van der Waals surface area contributed by atoms with Crippen molar-refractivity contribution in [1.82, 2.24) is 15.0 Å². The first-order valence-corrected chi connectivity index (χ1v) is 7.46. The minimum absolute atomic E-state index is 0.521. The second kappa shape index (κ2) is 5.95. The molecule has 0 radical (unpaired) electrons. The molecule has 0 spiro atoms. The zero-order valence-electron chi connectivity index (χ0n) is 12.3. The summed E-state index contributed by atoms with van der Waals surface area (Å²) >= 11 is 0. The Balaban J connectivity index is 1.95. The Labute approximate surface area is 124 Å². The number of benzene rings is 1. The highest BCUT2D eigenvalue weighted by molar-refractivity contribution is 5.32. The summed E-state index contributed by atoms with van der Waals surface area (Å²) in [6.45, 7) is 0. The number of hydrogen-bond acceptors (Lipinski definition) is 4. The van der Waals surface area contributed by atoms with Gasteiger partial charge >= 0.3 is 0 Å². The first-order valence-electron chi connectivity index (χ1n) is 7.46. The number of ether oxygens (including phenoxy) is 1. The summed E-state index contributed by atoms with van der Waals surface area (Å²) in [5, 5.41) is 19.0. The summed E-state index contributed by atoms with van der Waals surface area (Å²) in [5.41, 5.74) is 1.06. The van der Waals surface area contributed by atoms with Crippen LogP contribution in [0.4, 0.5) is 0 Å². The fourth-order valence-electron chi connectivity index (χ4n) is 3.21. The highest BCUT2D eigenvalue weighted by Crippen LogP contribution is 2.41. The number of aromatic nitrogens is 3. The molecule has 1 aliphatic rings. The summed E-state index contributed by atoms with van der Waals surface area (Å²) in [7, 11) is 1.69. The first-order chi connectivity index (χ1) is 10.3. The molecule has 0 bridgehead atoms. The smallest absolute Gasteiger partial charge is 0.127 e. The average Bonchev–Trinajstić information content (AvgIpc) is 3.05. The molecule has 5 nitrogen and oxygen atoms in total. The molecule has 1 aromatic carbocycles. The Hall–Kier alpha value is -1.72. The van der Waals surface area contributed by atoms with E-state index in [9.17, 15) is 5.11 Å². The maximum absolute atomic E-state index is 10.9. The standard InChI is InChI=1S/C16H21N3O2/c1-21-16(10-6-3-7-11-16)15(20)14-12-17-18-19(14)13-8-4-2-5-9-13/h2,4-5,8-9,12,15,20H,3,6-7,10-11H2,1H3. The van der Waals surface area contributed by atoms with Crippen LogP contribution in [0.25, 0.3) is 5.69 Å². The molecule has 1 aromatic heterocycles. The Morgan fingerprint density at radius 1 is 1.19 bits per heavy atom. The van der Waals surface area contributed by atoms with E-state index >= 15 is 0 Å². The molecule has 0 aliphatic heterocycles. The first kappa shape index (κ1) is 14.2. The van der Waals surface area contributed by atoms with Crippen molar-refractivity contribution in [2.24, 2.45) is 0 Å². The predicted octanol–water partition coefficient (Wildman–Crippen LogP) is 2.65. The van der Waals surface area contributed by atoms with E-state index in [4.69, 9.17) is 4.74 Å². The molecule has 1 saturated carbocycles. The van der Waals surface area contributed by atoms with E-state index in [0.29, 0.717) is 5.69 Å². The van der Waals surface area contributed by atoms with E-state index in [-0.39, 0.29) is 0 Å². The molecule has 1 aliphatic carbocycles. The van der Waals surface area contributed by atoms with Gasteiger partial charge in [0.25, 0.3) is 0 Å². The molecule has 5 heteroatoms. The minimum atomic E-state index is -0.724. The Morgan fingerprint density at radius 2 is 1.90 bits per heavy atom. The van der Waals surface area contributed by atoms with Gasteiger partial charge in [0, 0.05) is 7.11 Å². The number of nitrogens with zero attached hydrogens (tertiary/aromatic N) is 3. The van der Waals surface area contributed by atoms with Crippen LogP contribution >= 0.6 is 0 Å². The molecule has 0 amide bonds. The maximum atomic E-state index is 10.9. The van der Waals surface area contributed by atoms with Gasteiger partial charge in [0.05, 0.1) is 23.2 Å². The Kier molecular flexibility index (Phi) is 4.03. The van der Waals surface area contributed by atoms with Crippen molar-refractivity contribution >= 4 is 0 Å². The SMILES string of the molecule is COC1(C(O)c2cnnn2-c2ccccc2)CCCCC1. The molecule has 3 rings (SSSR count). The highest BCUT2D eigenvalue weighted by Gasteiger charge is 2.41. The van der Waals surface area contributed by atoms with Gasteiger partial charge in [-0.25, -0.2) is 4.68 Å². The lowest BCUT2D eigenvalue weighted by Gasteiger charge is -2.39. The minimum Gasteiger partial charge on any atom is -0.384 e. The second-order valence-electron chi connectivity index (χ2n) is 5.64. The summed E-state index contributed by atoms with van der Waals surface area (Å²) < 4.78 is 7.43. The molecule has 2 aromatic rings. The van der Waals surface area contributed by atoms with Crippen molar-refractivity contribution in [3.05, 3.63) is 42.2 Å². The highest BCUT2D eigenvalue weighted by atomic mass is 16.5. The van der Waals surface area contributed by atoms with Gasteiger partial charge in [-0.1, -0.05) is 42.7 Å². The van der Waals surface area contributed by atoms with Crippen LogP contribution in [0.2, 0.25) is 0 Å². The molecule has 0 saturated heterocycles. The van der Waals surface area contributed by atoms with Gasteiger partial charge < -0.3 is 9.84 Å². The van der Waals surface area contributed by atoms with Crippen LogP contribution in [-0.4, -0.2) is 32.8 Å². The third kappa shape index (κ3) is 2.59. The van der Waals surface area contributed by atoms with E-state index < -0.39 is 11.7 Å². The zero-order valence-corrected chi connectivity index (χ0v) is 12.3. The van der Waals surface area contributed by atoms with Crippen LogP contribution in [-0.2, 0) is 4.74 Å². The molecule has 112 valence electrons. The Morgan fingerprint density at radius 3 is 2.57 bits per heavy atom. The van der Waals surface area contributed by atoms with Gasteiger partial charge in [0.15, 0.2) is 0 Å². The number of aliphatic hydroxyl groups is 1. The molecular weight excluding hydrogens is 266 g/mol. The molecule has 1 atom stereocenters. The normalized spacial score (nSPS) is 19.3. The van der Waals surface area contributed by atoms with Gasteiger partial charge in [-0.3, -0.25) is 0 Å². The van der Waals surface area contributed by atoms with Crippen LogP contribution in [0, 0.1) is 0 Å². The van der Waals surface area contributed by atoms with Crippen LogP contribution in [0.15, 0.2) is 36.5 Å². The molecule has 1 heterocycles. The van der Waals surface area contributed by atoms with Gasteiger partial charge in [-0.05, 0) is 25.0 Å². The lowest BCUT2D eigenvalue weighted by atomic mass is 9.79. The second-order valence-corrected chi connectivity index (χ2v) is 5.64. The van der Waals surface area contributed by atoms with Crippen LogP contribution < -0.4 is 0 Å². The van der Waals surface area contributed by atoms with Crippen molar-refractivity contribution in [3.8, 4) is 5.69 Å². The van der Waals surface area contributed by atoms with E-state index in [1.165, 1.54) is 6.42 Å². The monoisotopic (exact) mass is 287 g/mol. The number of methoxy groups -OCH3 is 1. The molecular formula is C16H21N3O2. The summed E-state index contributed by atoms with van der Waals surface area (Å²) in [4.78, 5) is 0. The van der Waals surface area contributed by atoms with Crippen LogP contribution in [0.5, 0.6) is 0 Å². The largest absolute Gasteiger partial charge is 0.384 e. The van der Waals surface area contributed by atoms with Gasteiger partial charge in [-0.15, -0.1) is 5.10 Å². The van der Waals surface area contributed by atoms with Crippen LogP contribution in [0.3, 0.4) is 0 Å². The molecule has 1 N–H and O–H groups in total.